The molecule has 0 radical (unpaired) electrons. The molecule has 1 saturated carbocycles. The molecule has 0 heterocycles. The fraction of sp³-hybridized carbons (Fsp3) is 0.933. The van der Waals surface area contributed by atoms with Crippen LogP contribution in [0.15, 0.2) is 0 Å². The Morgan fingerprint density at radius 1 is 1.44 bits per heavy atom. The maximum Gasteiger partial charge on any atom is 0.108 e. The highest BCUT2D eigenvalue weighted by molar-refractivity contribution is 5.13. The highest BCUT2D eigenvalue weighted by atomic mass is 15.2. The number of hydrogen-bond donors (Lipinski definition) is 1. The molecule has 0 bridgehead atoms. The van der Waals surface area contributed by atoms with E-state index in [9.17, 15) is 5.26 Å². The van der Waals surface area contributed by atoms with Crippen molar-refractivity contribution in [2.24, 2.45) is 0 Å². The third-order valence-corrected chi connectivity index (χ3v) is 4.41. The summed E-state index contributed by atoms with van der Waals surface area (Å²) in [6.07, 6.45) is 5.43. The average molecular weight is 251 g/mol. The van der Waals surface area contributed by atoms with Crippen molar-refractivity contribution in [3.8, 4) is 6.07 Å². The van der Waals surface area contributed by atoms with Gasteiger partial charge in [-0.05, 0) is 52.1 Å². The predicted molar refractivity (Wildman–Crippen MR) is 76.4 cm³/mol. The second-order valence-corrected chi connectivity index (χ2v) is 5.61. The number of nitrogens with one attached hydrogen (secondary N) is 1. The van der Waals surface area contributed by atoms with Gasteiger partial charge in [0.05, 0.1) is 6.07 Å². The summed E-state index contributed by atoms with van der Waals surface area (Å²) < 4.78 is 0. The zero-order chi connectivity index (χ0) is 13.6. The Kier molecular flexibility index (Phi) is 6.11. The molecule has 0 aromatic heterocycles. The Labute approximate surface area is 113 Å². The monoisotopic (exact) mass is 251 g/mol. The predicted octanol–water partition coefficient (Wildman–Crippen LogP) is 2.92. The molecule has 104 valence electrons. The maximum absolute atomic E-state index is 9.48. The van der Waals surface area contributed by atoms with Crippen molar-refractivity contribution < 1.29 is 0 Å². The summed E-state index contributed by atoms with van der Waals surface area (Å²) in [5.41, 5.74) is -0.262. The third kappa shape index (κ3) is 3.46. The quantitative estimate of drug-likeness (QED) is 0.756. The van der Waals surface area contributed by atoms with Gasteiger partial charge in [-0.3, -0.25) is 10.2 Å². The van der Waals surface area contributed by atoms with Crippen LogP contribution in [0.5, 0.6) is 0 Å². The first-order chi connectivity index (χ1) is 8.62. The van der Waals surface area contributed by atoms with Gasteiger partial charge in [0.1, 0.15) is 5.54 Å². The maximum atomic E-state index is 9.48. The van der Waals surface area contributed by atoms with Crippen LogP contribution in [0.1, 0.15) is 59.8 Å². The molecule has 3 atom stereocenters. The van der Waals surface area contributed by atoms with Crippen LogP contribution in [0.4, 0.5) is 0 Å². The molecule has 18 heavy (non-hydrogen) atoms. The summed E-state index contributed by atoms with van der Waals surface area (Å²) in [6, 6.07) is 3.74. The molecular formula is C15H29N3. The Bertz CT molecular complexity index is 284. The van der Waals surface area contributed by atoms with E-state index >= 15 is 0 Å². The second kappa shape index (κ2) is 7.11. The fourth-order valence-electron chi connectivity index (χ4n) is 3.13. The van der Waals surface area contributed by atoms with Crippen molar-refractivity contribution in [2.75, 3.05) is 13.1 Å². The van der Waals surface area contributed by atoms with Crippen LogP contribution in [-0.4, -0.2) is 35.6 Å². The Balaban J connectivity index is 2.65. The van der Waals surface area contributed by atoms with Gasteiger partial charge in [0, 0.05) is 12.1 Å². The van der Waals surface area contributed by atoms with Crippen LogP contribution in [0.25, 0.3) is 0 Å². The summed E-state index contributed by atoms with van der Waals surface area (Å²) in [4.78, 5) is 2.58. The summed E-state index contributed by atoms with van der Waals surface area (Å²) in [5, 5.41) is 13.0. The van der Waals surface area contributed by atoms with Crippen LogP contribution in [0.2, 0.25) is 0 Å². The molecule has 0 spiro atoms. The van der Waals surface area contributed by atoms with Gasteiger partial charge in [0.15, 0.2) is 0 Å². The van der Waals surface area contributed by atoms with Gasteiger partial charge in [-0.15, -0.1) is 0 Å². The van der Waals surface area contributed by atoms with Crippen molar-refractivity contribution >= 4 is 0 Å². The van der Waals surface area contributed by atoms with Crippen LogP contribution in [0.3, 0.4) is 0 Å². The van der Waals surface area contributed by atoms with Crippen LogP contribution < -0.4 is 5.32 Å². The van der Waals surface area contributed by atoms with E-state index in [-0.39, 0.29) is 5.54 Å². The summed E-state index contributed by atoms with van der Waals surface area (Å²) in [6.45, 7) is 11.0. The lowest BCUT2D eigenvalue weighted by Crippen LogP contribution is -2.46. The van der Waals surface area contributed by atoms with Crippen molar-refractivity contribution in [1.82, 2.24) is 10.2 Å². The molecular weight excluding hydrogens is 222 g/mol. The van der Waals surface area contributed by atoms with E-state index in [2.05, 4.69) is 44.0 Å². The molecule has 1 N–H and O–H groups in total. The molecule has 0 amide bonds. The summed E-state index contributed by atoms with van der Waals surface area (Å²) in [7, 11) is 0. The van der Waals surface area contributed by atoms with Crippen LogP contribution >= 0.6 is 0 Å². The minimum Gasteiger partial charge on any atom is -0.299 e. The Morgan fingerprint density at radius 3 is 2.67 bits per heavy atom. The standard InChI is InChI=1S/C15H29N3/c1-5-10-17-15(12-16)9-8-14(11-15)18(7-3)13(4)6-2/h13-14,17H,5-11H2,1-4H3. The Morgan fingerprint density at radius 2 is 2.17 bits per heavy atom. The van der Waals surface area contributed by atoms with Crippen LogP contribution in [-0.2, 0) is 0 Å². The van der Waals surface area contributed by atoms with Gasteiger partial charge in [-0.1, -0.05) is 20.8 Å². The number of nitriles is 1. The zero-order valence-corrected chi connectivity index (χ0v) is 12.5. The molecule has 0 aromatic carbocycles. The molecule has 1 aliphatic rings. The first kappa shape index (κ1) is 15.5. The molecule has 3 nitrogen and oxygen atoms in total. The third-order valence-electron chi connectivity index (χ3n) is 4.41. The fourth-order valence-corrected chi connectivity index (χ4v) is 3.13. The minimum atomic E-state index is -0.262. The molecule has 3 unspecified atom stereocenters. The highest BCUT2D eigenvalue weighted by Crippen LogP contribution is 2.33. The lowest BCUT2D eigenvalue weighted by Gasteiger charge is -2.34. The molecule has 0 aromatic rings. The first-order valence-electron chi connectivity index (χ1n) is 7.54. The second-order valence-electron chi connectivity index (χ2n) is 5.61. The van der Waals surface area contributed by atoms with Crippen molar-refractivity contribution in [2.45, 2.75) is 77.4 Å². The van der Waals surface area contributed by atoms with E-state index in [0.29, 0.717) is 12.1 Å². The average Bonchev–Trinajstić information content (AvgIpc) is 2.82. The van der Waals surface area contributed by atoms with E-state index in [1.807, 2.05) is 0 Å². The zero-order valence-electron chi connectivity index (χ0n) is 12.5. The van der Waals surface area contributed by atoms with Gasteiger partial charge in [-0.25, -0.2) is 0 Å². The highest BCUT2D eigenvalue weighted by Gasteiger charge is 2.41. The van der Waals surface area contributed by atoms with E-state index in [1.165, 1.54) is 6.42 Å². The van der Waals surface area contributed by atoms with Gasteiger partial charge in [0.2, 0.25) is 0 Å². The van der Waals surface area contributed by atoms with E-state index < -0.39 is 0 Å². The van der Waals surface area contributed by atoms with Gasteiger partial charge in [-0.2, -0.15) is 5.26 Å². The first-order valence-corrected chi connectivity index (χ1v) is 7.54. The molecule has 1 aliphatic carbocycles. The number of hydrogen-bond acceptors (Lipinski definition) is 3. The van der Waals surface area contributed by atoms with Gasteiger partial charge < -0.3 is 0 Å². The lowest BCUT2D eigenvalue weighted by molar-refractivity contribution is 0.145. The Hall–Kier alpha value is -0.590. The lowest BCUT2D eigenvalue weighted by atomic mass is 9.98. The SMILES string of the molecule is CCCNC1(C#N)CCC(N(CC)C(C)CC)C1. The number of rotatable bonds is 7. The van der Waals surface area contributed by atoms with E-state index in [1.54, 1.807) is 0 Å². The van der Waals surface area contributed by atoms with Gasteiger partial charge >= 0.3 is 0 Å². The van der Waals surface area contributed by atoms with E-state index in [4.69, 9.17) is 0 Å². The van der Waals surface area contributed by atoms with Gasteiger partial charge in [0.25, 0.3) is 0 Å². The van der Waals surface area contributed by atoms with Crippen molar-refractivity contribution in [3.63, 3.8) is 0 Å². The smallest absolute Gasteiger partial charge is 0.108 e. The van der Waals surface area contributed by atoms with Crippen molar-refractivity contribution in [1.29, 1.82) is 5.26 Å². The largest absolute Gasteiger partial charge is 0.299 e. The molecule has 0 saturated heterocycles. The molecule has 1 fully saturated rings. The topological polar surface area (TPSA) is 39.1 Å². The van der Waals surface area contributed by atoms with Crippen molar-refractivity contribution in [3.05, 3.63) is 0 Å². The number of nitrogens with zero attached hydrogens (tertiary/aromatic N) is 2. The minimum absolute atomic E-state index is 0.262. The summed E-state index contributed by atoms with van der Waals surface area (Å²) in [5.74, 6) is 0. The molecule has 0 aliphatic heterocycles. The molecule has 3 heteroatoms. The van der Waals surface area contributed by atoms with Crippen LogP contribution in [0, 0.1) is 11.3 Å². The molecule has 1 rings (SSSR count). The van der Waals surface area contributed by atoms with E-state index in [0.717, 1.165) is 38.8 Å². The normalized spacial score (nSPS) is 29.4. The summed E-state index contributed by atoms with van der Waals surface area (Å²) >= 11 is 0.